The summed E-state index contributed by atoms with van der Waals surface area (Å²) in [7, 11) is 1.77. The molecule has 0 N–H and O–H groups in total. The second-order valence-electron chi connectivity index (χ2n) is 6.04. The maximum absolute atomic E-state index is 6.11. The molecule has 1 heterocycles. The van der Waals surface area contributed by atoms with E-state index in [1.807, 2.05) is 0 Å². The van der Waals surface area contributed by atoms with Crippen LogP contribution in [0.25, 0.3) is 0 Å². The van der Waals surface area contributed by atoms with Crippen LogP contribution in [0.3, 0.4) is 0 Å². The lowest BCUT2D eigenvalue weighted by molar-refractivity contribution is -0.227. The van der Waals surface area contributed by atoms with Crippen LogP contribution in [0.15, 0.2) is 0 Å². The molecule has 0 aromatic heterocycles. The van der Waals surface area contributed by atoms with Gasteiger partial charge in [0.2, 0.25) is 0 Å². The smallest absolute Gasteiger partial charge is 0.112 e. The first kappa shape index (κ1) is 17.9. The predicted molar refractivity (Wildman–Crippen MR) is 82.2 cm³/mol. The molecule has 0 radical (unpaired) electrons. The molecular formula is C16H33NO3. The first-order chi connectivity index (χ1) is 9.46. The van der Waals surface area contributed by atoms with Gasteiger partial charge in [0.1, 0.15) is 6.10 Å². The lowest BCUT2D eigenvalue weighted by Crippen LogP contribution is -2.56. The molecule has 4 atom stereocenters. The minimum absolute atomic E-state index is 0.0143. The van der Waals surface area contributed by atoms with E-state index in [9.17, 15) is 0 Å². The standard InChI is InChI=1S/C16H33NO3/c1-7-17(8-2)10-9-11-19-15-14(4)20-13(3)12-16(15,5)18-6/h13-15H,7-12H2,1-6H3/t13-,14-,15-,16+/m0/s1. The summed E-state index contributed by atoms with van der Waals surface area (Å²) < 4.78 is 17.8. The summed E-state index contributed by atoms with van der Waals surface area (Å²) in [5, 5.41) is 0. The van der Waals surface area contributed by atoms with E-state index >= 15 is 0 Å². The molecule has 1 fully saturated rings. The van der Waals surface area contributed by atoms with Gasteiger partial charge in [0.05, 0.1) is 17.8 Å². The average molecular weight is 287 g/mol. The Hall–Kier alpha value is -0.160. The van der Waals surface area contributed by atoms with Crippen molar-refractivity contribution >= 4 is 0 Å². The number of hydrogen-bond acceptors (Lipinski definition) is 4. The second kappa shape index (κ2) is 8.32. The van der Waals surface area contributed by atoms with Crippen LogP contribution in [0, 0.1) is 0 Å². The Morgan fingerprint density at radius 1 is 1.25 bits per heavy atom. The SMILES string of the molecule is CCN(CC)CCCO[C@H]1[C@H](C)O[C@@H](C)C[C@@]1(C)OC. The highest BCUT2D eigenvalue weighted by atomic mass is 16.6. The molecule has 0 saturated carbocycles. The number of ether oxygens (including phenoxy) is 3. The zero-order valence-corrected chi connectivity index (χ0v) is 14.1. The highest BCUT2D eigenvalue weighted by Crippen LogP contribution is 2.33. The molecule has 0 aromatic carbocycles. The van der Waals surface area contributed by atoms with E-state index in [2.05, 4.69) is 39.5 Å². The minimum Gasteiger partial charge on any atom is -0.376 e. The van der Waals surface area contributed by atoms with Gasteiger partial charge in [-0.15, -0.1) is 0 Å². The van der Waals surface area contributed by atoms with Crippen molar-refractivity contribution in [2.75, 3.05) is 33.4 Å². The molecule has 0 aromatic rings. The molecule has 1 rings (SSSR count). The fraction of sp³-hybridized carbons (Fsp3) is 1.00. The van der Waals surface area contributed by atoms with Gasteiger partial charge < -0.3 is 19.1 Å². The van der Waals surface area contributed by atoms with Crippen LogP contribution in [-0.2, 0) is 14.2 Å². The molecule has 4 nitrogen and oxygen atoms in total. The summed E-state index contributed by atoms with van der Waals surface area (Å²) in [5.41, 5.74) is -0.244. The highest BCUT2D eigenvalue weighted by Gasteiger charge is 2.45. The summed E-state index contributed by atoms with van der Waals surface area (Å²) in [4.78, 5) is 2.42. The Morgan fingerprint density at radius 3 is 2.45 bits per heavy atom. The molecular weight excluding hydrogens is 254 g/mol. The summed E-state index contributed by atoms with van der Waals surface area (Å²) >= 11 is 0. The van der Waals surface area contributed by atoms with Crippen molar-refractivity contribution in [1.29, 1.82) is 0 Å². The van der Waals surface area contributed by atoms with E-state index in [1.165, 1.54) is 0 Å². The number of methoxy groups -OCH3 is 1. The van der Waals surface area contributed by atoms with E-state index in [4.69, 9.17) is 14.2 Å². The van der Waals surface area contributed by atoms with Crippen LogP contribution >= 0.6 is 0 Å². The van der Waals surface area contributed by atoms with Crippen molar-refractivity contribution in [2.45, 2.75) is 71.4 Å². The van der Waals surface area contributed by atoms with E-state index in [-0.39, 0.29) is 23.9 Å². The lowest BCUT2D eigenvalue weighted by Gasteiger charge is -2.46. The first-order valence-corrected chi connectivity index (χ1v) is 8.01. The zero-order valence-electron chi connectivity index (χ0n) is 14.1. The molecule has 0 bridgehead atoms. The van der Waals surface area contributed by atoms with Crippen LogP contribution in [0.4, 0.5) is 0 Å². The van der Waals surface area contributed by atoms with Gasteiger partial charge in [0.15, 0.2) is 0 Å². The Bertz CT molecular complexity index is 270. The fourth-order valence-corrected chi connectivity index (χ4v) is 3.22. The van der Waals surface area contributed by atoms with Gasteiger partial charge in [0, 0.05) is 26.7 Å². The van der Waals surface area contributed by atoms with Gasteiger partial charge in [-0.3, -0.25) is 0 Å². The van der Waals surface area contributed by atoms with Gasteiger partial charge in [0.25, 0.3) is 0 Å². The maximum Gasteiger partial charge on any atom is 0.112 e. The molecule has 0 spiro atoms. The normalized spacial score (nSPS) is 34.6. The quantitative estimate of drug-likeness (QED) is 0.642. The van der Waals surface area contributed by atoms with Crippen molar-refractivity contribution in [3.8, 4) is 0 Å². The Balaban J connectivity index is 2.43. The Kier molecular flexibility index (Phi) is 7.45. The van der Waals surface area contributed by atoms with Crippen LogP contribution in [-0.4, -0.2) is 62.2 Å². The summed E-state index contributed by atoms with van der Waals surface area (Å²) in [5.74, 6) is 0. The van der Waals surface area contributed by atoms with Crippen LogP contribution < -0.4 is 0 Å². The highest BCUT2D eigenvalue weighted by molar-refractivity contribution is 4.94. The molecule has 20 heavy (non-hydrogen) atoms. The molecule has 0 aliphatic carbocycles. The van der Waals surface area contributed by atoms with Gasteiger partial charge in [-0.2, -0.15) is 0 Å². The largest absolute Gasteiger partial charge is 0.376 e. The number of nitrogens with zero attached hydrogens (tertiary/aromatic N) is 1. The molecule has 120 valence electrons. The van der Waals surface area contributed by atoms with Crippen molar-refractivity contribution in [1.82, 2.24) is 4.90 Å². The molecule has 1 aliphatic heterocycles. The van der Waals surface area contributed by atoms with E-state index in [0.717, 1.165) is 39.1 Å². The van der Waals surface area contributed by atoms with Gasteiger partial charge in [-0.1, -0.05) is 13.8 Å². The summed E-state index contributed by atoms with van der Waals surface area (Å²) in [6.07, 6.45) is 2.26. The van der Waals surface area contributed by atoms with E-state index < -0.39 is 0 Å². The third kappa shape index (κ3) is 4.69. The van der Waals surface area contributed by atoms with Crippen LogP contribution in [0.2, 0.25) is 0 Å². The molecule has 4 heteroatoms. The fourth-order valence-electron chi connectivity index (χ4n) is 3.22. The topological polar surface area (TPSA) is 30.9 Å². The zero-order chi connectivity index (χ0) is 15.2. The van der Waals surface area contributed by atoms with Gasteiger partial charge in [-0.05, 0) is 40.3 Å². The number of rotatable bonds is 8. The molecule has 1 aliphatic rings. The number of hydrogen-bond donors (Lipinski definition) is 0. The van der Waals surface area contributed by atoms with Crippen LogP contribution in [0.1, 0.15) is 47.5 Å². The monoisotopic (exact) mass is 287 g/mol. The second-order valence-corrected chi connectivity index (χ2v) is 6.04. The molecule has 0 amide bonds. The molecule has 0 unspecified atom stereocenters. The van der Waals surface area contributed by atoms with Crippen molar-refractivity contribution < 1.29 is 14.2 Å². The minimum atomic E-state index is -0.244. The van der Waals surface area contributed by atoms with E-state index in [1.54, 1.807) is 7.11 Å². The predicted octanol–water partition coefficient (Wildman–Crippen LogP) is 2.71. The Labute approximate surface area is 124 Å². The Morgan fingerprint density at radius 2 is 1.90 bits per heavy atom. The van der Waals surface area contributed by atoms with Crippen LogP contribution in [0.5, 0.6) is 0 Å². The third-order valence-electron chi connectivity index (χ3n) is 4.44. The van der Waals surface area contributed by atoms with Crippen molar-refractivity contribution in [3.05, 3.63) is 0 Å². The van der Waals surface area contributed by atoms with Crippen molar-refractivity contribution in [2.24, 2.45) is 0 Å². The van der Waals surface area contributed by atoms with Crippen molar-refractivity contribution in [3.63, 3.8) is 0 Å². The third-order valence-corrected chi connectivity index (χ3v) is 4.44. The average Bonchev–Trinajstić information content (AvgIpc) is 2.41. The summed E-state index contributed by atoms with van der Waals surface area (Å²) in [6, 6.07) is 0. The summed E-state index contributed by atoms with van der Waals surface area (Å²) in [6.45, 7) is 14.8. The maximum atomic E-state index is 6.11. The van der Waals surface area contributed by atoms with Gasteiger partial charge >= 0.3 is 0 Å². The lowest BCUT2D eigenvalue weighted by atomic mass is 9.86. The van der Waals surface area contributed by atoms with Gasteiger partial charge in [-0.25, -0.2) is 0 Å². The molecule has 1 saturated heterocycles. The van der Waals surface area contributed by atoms with E-state index in [0.29, 0.717) is 0 Å². The first-order valence-electron chi connectivity index (χ1n) is 8.01.